The van der Waals surface area contributed by atoms with Crippen LogP contribution in [0.1, 0.15) is 18.6 Å². The summed E-state index contributed by atoms with van der Waals surface area (Å²) in [5.74, 6) is 1.96. The van der Waals surface area contributed by atoms with E-state index in [1.54, 1.807) is 6.92 Å². The number of carbonyl (C=O) groups is 1. The van der Waals surface area contributed by atoms with E-state index >= 15 is 0 Å². The number of morpholine rings is 1. The molecule has 0 unspecified atom stereocenters. The number of nitrogens with zero attached hydrogens (tertiary/aromatic N) is 4. The van der Waals surface area contributed by atoms with Crippen molar-refractivity contribution in [3.05, 3.63) is 11.7 Å². The average Bonchev–Trinajstić information content (AvgIpc) is 3.05. The summed E-state index contributed by atoms with van der Waals surface area (Å²) in [6.07, 6.45) is 0. The number of amides is 1. The summed E-state index contributed by atoms with van der Waals surface area (Å²) in [4.78, 5) is 21.0. The Bertz CT molecular complexity index is 498. The van der Waals surface area contributed by atoms with Crippen LogP contribution in [0.3, 0.4) is 0 Å². The Balaban J connectivity index is 1.58. The van der Waals surface area contributed by atoms with Gasteiger partial charge in [-0.3, -0.25) is 9.69 Å². The molecule has 0 aliphatic carbocycles. The minimum atomic E-state index is 0.0658. The number of aryl methyl sites for hydroxylation is 1. The summed E-state index contributed by atoms with van der Waals surface area (Å²) < 4.78 is 10.3. The highest BCUT2D eigenvalue weighted by molar-refractivity contribution is 5.79. The van der Waals surface area contributed by atoms with Crippen molar-refractivity contribution in [2.75, 3.05) is 39.4 Å². The predicted octanol–water partition coefficient (Wildman–Crippen LogP) is 0.305. The number of likely N-dealkylation sites (tertiary alicyclic amines) is 1. The molecule has 0 saturated carbocycles. The molecule has 2 fully saturated rings. The van der Waals surface area contributed by atoms with Crippen LogP contribution >= 0.6 is 0 Å². The van der Waals surface area contributed by atoms with Crippen LogP contribution in [0.2, 0.25) is 0 Å². The summed E-state index contributed by atoms with van der Waals surface area (Å²) in [5, 5.41) is 3.92. The molecule has 3 rings (SSSR count). The largest absolute Gasteiger partial charge is 0.378 e. The molecule has 0 N–H and O–H groups in total. The summed E-state index contributed by atoms with van der Waals surface area (Å²) in [6.45, 7) is 8.97. The Morgan fingerprint density at radius 1 is 1.33 bits per heavy atom. The maximum atomic E-state index is 12.6. The van der Waals surface area contributed by atoms with Gasteiger partial charge in [-0.15, -0.1) is 0 Å². The van der Waals surface area contributed by atoms with Gasteiger partial charge in [-0.25, -0.2) is 0 Å². The van der Waals surface area contributed by atoms with Gasteiger partial charge in [0.1, 0.15) is 0 Å². The second kappa shape index (κ2) is 6.11. The fourth-order valence-corrected chi connectivity index (χ4v) is 3.14. The zero-order chi connectivity index (χ0) is 14.8. The summed E-state index contributed by atoms with van der Waals surface area (Å²) in [5.41, 5.74) is 0. The second-order valence-electron chi connectivity index (χ2n) is 5.95. The summed E-state index contributed by atoms with van der Waals surface area (Å²) >= 11 is 0. The molecular weight excluding hydrogens is 272 g/mol. The van der Waals surface area contributed by atoms with Crippen LogP contribution in [0.15, 0.2) is 4.52 Å². The fraction of sp³-hybridized carbons (Fsp3) is 0.786. The van der Waals surface area contributed by atoms with E-state index < -0.39 is 0 Å². The lowest BCUT2D eigenvalue weighted by Gasteiger charge is -2.30. The molecule has 7 heteroatoms. The SMILES string of the molecule is Cc1nc(CN2C[C@@H](C)[C@H](C(=O)N3CCOCC3)C2)no1. The van der Waals surface area contributed by atoms with E-state index in [0.29, 0.717) is 50.5 Å². The second-order valence-corrected chi connectivity index (χ2v) is 5.95. The molecule has 0 bridgehead atoms. The van der Waals surface area contributed by atoms with Crippen LogP contribution in [-0.4, -0.2) is 65.2 Å². The van der Waals surface area contributed by atoms with E-state index in [4.69, 9.17) is 9.26 Å². The highest BCUT2D eigenvalue weighted by atomic mass is 16.5. The first-order valence-corrected chi connectivity index (χ1v) is 7.51. The topological polar surface area (TPSA) is 71.7 Å². The monoisotopic (exact) mass is 294 g/mol. The van der Waals surface area contributed by atoms with Crippen LogP contribution in [0.5, 0.6) is 0 Å². The molecule has 0 aromatic carbocycles. The third kappa shape index (κ3) is 3.24. The maximum Gasteiger partial charge on any atom is 0.227 e. The lowest BCUT2D eigenvalue weighted by atomic mass is 9.96. The molecule has 0 spiro atoms. The lowest BCUT2D eigenvalue weighted by molar-refractivity contribution is -0.140. The lowest BCUT2D eigenvalue weighted by Crippen LogP contribution is -2.45. The van der Waals surface area contributed by atoms with Crippen molar-refractivity contribution < 1.29 is 14.1 Å². The van der Waals surface area contributed by atoms with E-state index in [2.05, 4.69) is 22.0 Å². The van der Waals surface area contributed by atoms with Crippen molar-refractivity contribution in [3.8, 4) is 0 Å². The minimum absolute atomic E-state index is 0.0658. The number of hydrogen-bond acceptors (Lipinski definition) is 6. The van der Waals surface area contributed by atoms with Crippen molar-refractivity contribution in [1.29, 1.82) is 0 Å². The van der Waals surface area contributed by atoms with Crippen LogP contribution in [0.25, 0.3) is 0 Å². The molecule has 2 aliphatic heterocycles. The van der Waals surface area contributed by atoms with E-state index in [1.165, 1.54) is 0 Å². The molecule has 21 heavy (non-hydrogen) atoms. The molecule has 2 atom stereocenters. The number of carbonyl (C=O) groups excluding carboxylic acids is 1. The molecule has 2 aliphatic rings. The van der Waals surface area contributed by atoms with Crippen LogP contribution < -0.4 is 0 Å². The zero-order valence-corrected chi connectivity index (χ0v) is 12.6. The molecule has 116 valence electrons. The van der Waals surface area contributed by atoms with Gasteiger partial charge in [-0.05, 0) is 5.92 Å². The first kappa shape index (κ1) is 14.5. The van der Waals surface area contributed by atoms with Gasteiger partial charge in [0.05, 0.1) is 25.7 Å². The van der Waals surface area contributed by atoms with Gasteiger partial charge >= 0.3 is 0 Å². The Morgan fingerprint density at radius 3 is 2.76 bits per heavy atom. The van der Waals surface area contributed by atoms with Gasteiger partial charge in [0.15, 0.2) is 5.82 Å². The van der Waals surface area contributed by atoms with Gasteiger partial charge in [-0.1, -0.05) is 12.1 Å². The molecule has 3 heterocycles. The third-order valence-corrected chi connectivity index (χ3v) is 4.26. The van der Waals surface area contributed by atoms with Gasteiger partial charge in [0.2, 0.25) is 11.8 Å². The molecule has 2 saturated heterocycles. The standard InChI is InChI=1S/C14H22N4O3/c1-10-7-17(9-13-15-11(2)21-16-13)8-12(10)14(19)18-3-5-20-6-4-18/h10,12H,3-9H2,1-2H3/t10-,12-/m1/s1. The summed E-state index contributed by atoms with van der Waals surface area (Å²) in [7, 11) is 0. The molecule has 1 aromatic rings. The summed E-state index contributed by atoms with van der Waals surface area (Å²) in [6, 6.07) is 0. The minimum Gasteiger partial charge on any atom is -0.378 e. The average molecular weight is 294 g/mol. The predicted molar refractivity (Wildman–Crippen MR) is 74.4 cm³/mol. The highest BCUT2D eigenvalue weighted by Gasteiger charge is 2.37. The van der Waals surface area contributed by atoms with E-state index in [1.807, 2.05) is 4.90 Å². The first-order chi connectivity index (χ1) is 10.1. The van der Waals surface area contributed by atoms with Crippen molar-refractivity contribution >= 4 is 5.91 Å². The molecular formula is C14H22N4O3. The normalized spacial score (nSPS) is 27.2. The van der Waals surface area contributed by atoms with Crippen molar-refractivity contribution in [2.24, 2.45) is 11.8 Å². The number of hydrogen-bond donors (Lipinski definition) is 0. The zero-order valence-electron chi connectivity index (χ0n) is 12.6. The number of ether oxygens (including phenoxy) is 1. The van der Waals surface area contributed by atoms with Crippen molar-refractivity contribution in [3.63, 3.8) is 0 Å². The van der Waals surface area contributed by atoms with E-state index in [0.717, 1.165) is 13.1 Å². The molecule has 1 amide bonds. The number of rotatable bonds is 3. The van der Waals surface area contributed by atoms with Crippen molar-refractivity contribution in [1.82, 2.24) is 19.9 Å². The van der Waals surface area contributed by atoms with Gasteiger partial charge in [0, 0.05) is 33.1 Å². The Labute approximate surface area is 124 Å². The maximum absolute atomic E-state index is 12.6. The molecule has 0 radical (unpaired) electrons. The van der Waals surface area contributed by atoms with Gasteiger partial charge in [-0.2, -0.15) is 4.98 Å². The molecule has 1 aromatic heterocycles. The smallest absolute Gasteiger partial charge is 0.227 e. The highest BCUT2D eigenvalue weighted by Crippen LogP contribution is 2.26. The van der Waals surface area contributed by atoms with Crippen LogP contribution in [-0.2, 0) is 16.1 Å². The van der Waals surface area contributed by atoms with E-state index in [9.17, 15) is 4.79 Å². The Hall–Kier alpha value is -1.47. The van der Waals surface area contributed by atoms with Crippen LogP contribution in [0.4, 0.5) is 0 Å². The Morgan fingerprint density at radius 2 is 2.10 bits per heavy atom. The Kier molecular flexibility index (Phi) is 4.21. The first-order valence-electron chi connectivity index (χ1n) is 7.51. The molecule has 7 nitrogen and oxygen atoms in total. The quantitative estimate of drug-likeness (QED) is 0.799. The third-order valence-electron chi connectivity index (χ3n) is 4.26. The van der Waals surface area contributed by atoms with Gasteiger partial charge < -0.3 is 14.2 Å². The number of aromatic nitrogens is 2. The van der Waals surface area contributed by atoms with Crippen LogP contribution in [0, 0.1) is 18.8 Å². The van der Waals surface area contributed by atoms with Crippen molar-refractivity contribution in [2.45, 2.75) is 20.4 Å². The fourth-order valence-electron chi connectivity index (χ4n) is 3.14. The van der Waals surface area contributed by atoms with E-state index in [-0.39, 0.29) is 11.8 Å². The van der Waals surface area contributed by atoms with Gasteiger partial charge in [0.25, 0.3) is 0 Å².